The monoisotopic (exact) mass is 401 g/mol. The number of unbranched alkanes of at least 4 members (excludes halogenated alkanes) is 2. The zero-order valence-corrected chi connectivity index (χ0v) is 16.3. The number of nitrogens with zero attached hydrogens (tertiary/aromatic N) is 1. The molecule has 0 aliphatic heterocycles. The van der Waals surface area contributed by atoms with Gasteiger partial charge >= 0.3 is 0 Å². The van der Waals surface area contributed by atoms with Gasteiger partial charge in [-0.2, -0.15) is 12.6 Å². The van der Waals surface area contributed by atoms with Gasteiger partial charge in [-0.1, -0.05) is 30.7 Å². The van der Waals surface area contributed by atoms with Gasteiger partial charge in [0.05, 0.1) is 16.2 Å². The Morgan fingerprint density at radius 1 is 0.964 bits per heavy atom. The second kappa shape index (κ2) is 11.1. The third-order valence-corrected chi connectivity index (χ3v) is 4.41. The summed E-state index contributed by atoms with van der Waals surface area (Å²) in [6, 6.07) is 13.5. The Kier molecular flexibility index (Phi) is 8.48. The molecule has 2 N–H and O–H groups in total. The topological polar surface area (TPSA) is 101 Å². The number of nitrogens with one attached hydrogen (secondary N) is 2. The van der Waals surface area contributed by atoms with Crippen LogP contribution in [0.15, 0.2) is 48.5 Å². The molecule has 2 rings (SSSR count). The van der Waals surface area contributed by atoms with E-state index in [1.54, 1.807) is 42.5 Å². The molecule has 0 atom stereocenters. The molecule has 2 aromatic rings. The molecule has 0 aliphatic rings. The summed E-state index contributed by atoms with van der Waals surface area (Å²) in [5, 5.41) is 16.7. The molecule has 0 saturated heterocycles. The number of anilines is 1. The van der Waals surface area contributed by atoms with Crippen molar-refractivity contribution < 1.29 is 14.5 Å². The molecule has 7 nitrogen and oxygen atoms in total. The van der Waals surface area contributed by atoms with E-state index in [2.05, 4.69) is 23.3 Å². The fourth-order valence-electron chi connectivity index (χ4n) is 2.70. The lowest BCUT2D eigenvalue weighted by atomic mass is 10.0. The highest BCUT2D eigenvalue weighted by Crippen LogP contribution is 2.30. The van der Waals surface area contributed by atoms with E-state index < -0.39 is 4.92 Å². The van der Waals surface area contributed by atoms with Gasteiger partial charge in [-0.25, -0.2) is 0 Å². The van der Waals surface area contributed by atoms with Crippen molar-refractivity contribution in [2.45, 2.75) is 25.7 Å². The van der Waals surface area contributed by atoms with Crippen molar-refractivity contribution in [3.63, 3.8) is 0 Å². The van der Waals surface area contributed by atoms with Gasteiger partial charge in [-0.05, 0) is 36.6 Å². The number of carbonyl (C=O) groups excluding carboxylic acids is 2. The molecule has 8 heteroatoms. The number of amides is 2. The van der Waals surface area contributed by atoms with Crippen LogP contribution in [-0.4, -0.2) is 29.0 Å². The average molecular weight is 401 g/mol. The summed E-state index contributed by atoms with van der Waals surface area (Å²) in [4.78, 5) is 33.8. The highest BCUT2D eigenvalue weighted by molar-refractivity contribution is 7.81. The number of thiol groups is 1. The van der Waals surface area contributed by atoms with Crippen molar-refractivity contribution in [1.82, 2.24) is 5.32 Å². The first-order valence-electron chi connectivity index (χ1n) is 9.02. The van der Waals surface area contributed by atoms with Crippen molar-refractivity contribution in [2.24, 2.45) is 0 Å². The minimum Gasteiger partial charge on any atom is -0.355 e. The maximum absolute atomic E-state index is 12.0. The maximum atomic E-state index is 12.0. The average Bonchev–Trinajstić information content (AvgIpc) is 2.70. The van der Waals surface area contributed by atoms with Crippen LogP contribution in [0.1, 0.15) is 25.7 Å². The second-order valence-corrected chi connectivity index (χ2v) is 6.53. The molecule has 148 valence electrons. The Labute approximate surface area is 169 Å². The summed E-state index contributed by atoms with van der Waals surface area (Å²) in [5.74, 6) is 0.00178. The van der Waals surface area contributed by atoms with Crippen molar-refractivity contribution in [3.8, 4) is 11.1 Å². The lowest BCUT2D eigenvalue weighted by molar-refractivity contribution is -0.384. The van der Waals surface area contributed by atoms with E-state index in [0.29, 0.717) is 29.8 Å². The lowest BCUT2D eigenvalue weighted by Gasteiger charge is -2.08. The molecule has 0 fully saturated rings. The van der Waals surface area contributed by atoms with Crippen LogP contribution in [0.25, 0.3) is 11.1 Å². The summed E-state index contributed by atoms with van der Waals surface area (Å²) in [5.41, 5.74) is 1.95. The van der Waals surface area contributed by atoms with Crippen LogP contribution in [0.2, 0.25) is 0 Å². The molecule has 0 saturated carbocycles. The van der Waals surface area contributed by atoms with Crippen molar-refractivity contribution in [3.05, 3.63) is 58.6 Å². The van der Waals surface area contributed by atoms with Gasteiger partial charge in [0, 0.05) is 24.7 Å². The number of hydrogen-bond acceptors (Lipinski definition) is 5. The molecule has 0 aliphatic carbocycles. The molecule has 0 radical (unpaired) electrons. The molecular weight excluding hydrogens is 378 g/mol. The number of nitro benzene ring substituents is 1. The van der Waals surface area contributed by atoms with Crippen molar-refractivity contribution >= 4 is 35.8 Å². The zero-order chi connectivity index (χ0) is 20.4. The van der Waals surface area contributed by atoms with E-state index in [0.717, 1.165) is 19.3 Å². The van der Waals surface area contributed by atoms with Gasteiger partial charge in [0.1, 0.15) is 0 Å². The third-order valence-electron chi connectivity index (χ3n) is 4.13. The fourth-order valence-corrected chi connectivity index (χ4v) is 2.82. The molecule has 0 aromatic heterocycles. The molecule has 0 unspecified atom stereocenters. The molecule has 0 bridgehead atoms. The summed E-state index contributed by atoms with van der Waals surface area (Å²) in [6.07, 6.45) is 2.79. The van der Waals surface area contributed by atoms with Crippen LogP contribution >= 0.6 is 12.6 Å². The van der Waals surface area contributed by atoms with Crippen LogP contribution in [0.5, 0.6) is 0 Å². The fraction of sp³-hybridized carbons (Fsp3) is 0.300. The Morgan fingerprint density at radius 3 is 2.36 bits per heavy atom. The summed E-state index contributed by atoms with van der Waals surface area (Å²) >= 11 is 3.88. The summed E-state index contributed by atoms with van der Waals surface area (Å²) < 4.78 is 0. The standard InChI is InChI=1S/C20H23N3O4S/c24-19(8-2-1-5-13-21-20(25)14-28)22-16-11-9-15(10-12-16)17-6-3-4-7-18(17)23(26)27/h3-4,6-7,9-12,28H,1-2,5,8,13-14H2,(H,21,25)(H,22,24). The maximum Gasteiger partial charge on any atom is 0.277 e. The summed E-state index contributed by atoms with van der Waals surface area (Å²) in [6.45, 7) is 0.591. The van der Waals surface area contributed by atoms with E-state index in [1.807, 2.05) is 0 Å². The minimum absolute atomic E-state index is 0.0462. The minimum atomic E-state index is -0.408. The van der Waals surface area contributed by atoms with Gasteiger partial charge in [-0.15, -0.1) is 0 Å². The van der Waals surface area contributed by atoms with E-state index in [4.69, 9.17) is 0 Å². The molecule has 0 heterocycles. The third kappa shape index (κ3) is 6.70. The Morgan fingerprint density at radius 2 is 1.68 bits per heavy atom. The van der Waals surface area contributed by atoms with Crippen molar-refractivity contribution in [1.29, 1.82) is 0 Å². The van der Waals surface area contributed by atoms with Gasteiger partial charge in [0.25, 0.3) is 5.69 Å². The highest BCUT2D eigenvalue weighted by atomic mass is 32.1. The first-order valence-corrected chi connectivity index (χ1v) is 9.66. The van der Waals surface area contributed by atoms with Crippen LogP contribution in [0.3, 0.4) is 0 Å². The molecular formula is C20H23N3O4S. The van der Waals surface area contributed by atoms with Gasteiger partial charge in [-0.3, -0.25) is 19.7 Å². The predicted molar refractivity (Wildman–Crippen MR) is 112 cm³/mol. The van der Waals surface area contributed by atoms with Gasteiger partial charge in [0.2, 0.25) is 11.8 Å². The van der Waals surface area contributed by atoms with E-state index in [1.165, 1.54) is 6.07 Å². The van der Waals surface area contributed by atoms with E-state index in [9.17, 15) is 19.7 Å². The number of nitro groups is 1. The predicted octanol–water partition coefficient (Wildman–Crippen LogP) is 3.81. The molecule has 0 spiro atoms. The highest BCUT2D eigenvalue weighted by Gasteiger charge is 2.14. The quantitative estimate of drug-likeness (QED) is 0.244. The number of hydrogen-bond donors (Lipinski definition) is 3. The zero-order valence-electron chi connectivity index (χ0n) is 15.4. The number of rotatable bonds is 10. The van der Waals surface area contributed by atoms with Crippen molar-refractivity contribution in [2.75, 3.05) is 17.6 Å². The van der Waals surface area contributed by atoms with E-state index >= 15 is 0 Å². The first kappa shape index (κ1) is 21.4. The number of para-hydroxylation sites is 1. The lowest BCUT2D eigenvalue weighted by Crippen LogP contribution is -2.25. The Hall–Kier alpha value is -2.87. The number of carbonyl (C=O) groups is 2. The normalized spacial score (nSPS) is 10.3. The van der Waals surface area contributed by atoms with Crippen LogP contribution in [0.4, 0.5) is 11.4 Å². The largest absolute Gasteiger partial charge is 0.355 e. The van der Waals surface area contributed by atoms with Crippen LogP contribution < -0.4 is 10.6 Å². The smallest absolute Gasteiger partial charge is 0.277 e. The number of benzene rings is 2. The van der Waals surface area contributed by atoms with E-state index in [-0.39, 0.29) is 23.3 Å². The molecule has 2 aromatic carbocycles. The SMILES string of the molecule is O=C(CS)NCCCCCC(=O)Nc1ccc(-c2ccccc2[N+](=O)[O-])cc1. The van der Waals surface area contributed by atoms with Crippen LogP contribution in [-0.2, 0) is 9.59 Å². The van der Waals surface area contributed by atoms with Gasteiger partial charge in [0.15, 0.2) is 0 Å². The molecule has 2 amide bonds. The summed E-state index contributed by atoms with van der Waals surface area (Å²) in [7, 11) is 0. The Balaban J connectivity index is 1.80. The second-order valence-electron chi connectivity index (χ2n) is 6.22. The first-order chi connectivity index (χ1) is 13.5. The Bertz CT molecular complexity index is 824. The van der Waals surface area contributed by atoms with Crippen LogP contribution in [0, 0.1) is 10.1 Å². The van der Waals surface area contributed by atoms with Gasteiger partial charge < -0.3 is 10.6 Å². The molecule has 28 heavy (non-hydrogen) atoms.